The Labute approximate surface area is 121 Å². The number of tetrazole rings is 1. The molecule has 0 radical (unpaired) electrons. The van der Waals surface area contributed by atoms with E-state index in [0.29, 0.717) is 17.1 Å². The highest BCUT2D eigenvalue weighted by Gasteiger charge is 2.15. The van der Waals surface area contributed by atoms with Gasteiger partial charge in [-0.2, -0.15) is 5.21 Å². The maximum absolute atomic E-state index is 12.0. The third-order valence-electron chi connectivity index (χ3n) is 2.56. The minimum atomic E-state index is -0.349. The predicted octanol–water partition coefficient (Wildman–Crippen LogP) is 2.47. The lowest BCUT2D eigenvalue weighted by molar-refractivity contribution is 0.0996. The van der Waals surface area contributed by atoms with E-state index in [9.17, 15) is 4.79 Å². The Bertz CT molecular complexity index is 724. The number of rotatable bonds is 3. The van der Waals surface area contributed by atoms with Crippen LogP contribution in [0.3, 0.4) is 0 Å². The number of nitrogens with zero attached hydrogens (tertiary/aromatic N) is 3. The Balaban J connectivity index is 1.96. The van der Waals surface area contributed by atoms with E-state index < -0.39 is 0 Å². The van der Waals surface area contributed by atoms with Crippen molar-refractivity contribution >= 4 is 27.5 Å². The summed E-state index contributed by atoms with van der Waals surface area (Å²) in [5.74, 6) is 0.272. The van der Waals surface area contributed by atoms with Crippen molar-refractivity contribution in [2.75, 3.05) is 5.32 Å². The summed E-state index contributed by atoms with van der Waals surface area (Å²) in [6, 6.07) is 8.60. The van der Waals surface area contributed by atoms with Crippen LogP contribution in [0.15, 0.2) is 45.5 Å². The lowest BCUT2D eigenvalue weighted by atomic mass is 10.1. The number of carbonyl (C=O) groups is 1. The van der Waals surface area contributed by atoms with Gasteiger partial charge >= 0.3 is 0 Å². The van der Waals surface area contributed by atoms with Gasteiger partial charge in [0.1, 0.15) is 0 Å². The second-order valence-electron chi connectivity index (χ2n) is 3.86. The molecule has 2 heterocycles. The fourth-order valence-electron chi connectivity index (χ4n) is 1.68. The lowest BCUT2D eigenvalue weighted by Gasteiger charge is -2.08. The fraction of sp³-hybridized carbons (Fsp3) is 0. The summed E-state index contributed by atoms with van der Waals surface area (Å²) in [5, 5.41) is 16.5. The first-order valence-corrected chi connectivity index (χ1v) is 6.41. The van der Waals surface area contributed by atoms with Crippen LogP contribution in [0.25, 0.3) is 11.4 Å². The van der Waals surface area contributed by atoms with Crippen LogP contribution in [-0.4, -0.2) is 26.5 Å². The summed E-state index contributed by atoms with van der Waals surface area (Å²) in [4.78, 5) is 12.0. The topological polar surface area (TPSA) is 96.7 Å². The van der Waals surface area contributed by atoms with Crippen LogP contribution < -0.4 is 5.32 Å². The normalized spacial score (nSPS) is 10.4. The molecule has 0 aliphatic rings. The van der Waals surface area contributed by atoms with Crippen molar-refractivity contribution in [3.8, 4) is 11.4 Å². The number of aromatic nitrogens is 4. The van der Waals surface area contributed by atoms with Gasteiger partial charge in [-0.3, -0.25) is 4.79 Å². The molecular formula is C12H8BrN5O2. The van der Waals surface area contributed by atoms with Crippen molar-refractivity contribution in [1.82, 2.24) is 20.6 Å². The number of anilines is 1. The van der Waals surface area contributed by atoms with E-state index >= 15 is 0 Å². The summed E-state index contributed by atoms with van der Waals surface area (Å²) in [7, 11) is 0. The fourth-order valence-corrected chi connectivity index (χ4v) is 2.04. The minimum Gasteiger partial charge on any atom is -0.459 e. The van der Waals surface area contributed by atoms with Gasteiger partial charge in [0, 0.05) is 10.0 Å². The van der Waals surface area contributed by atoms with Gasteiger partial charge in [0.15, 0.2) is 5.76 Å². The van der Waals surface area contributed by atoms with Gasteiger partial charge in [-0.15, -0.1) is 10.2 Å². The number of benzene rings is 1. The van der Waals surface area contributed by atoms with Crippen LogP contribution in [0.1, 0.15) is 10.6 Å². The van der Waals surface area contributed by atoms with Crippen LogP contribution in [0, 0.1) is 0 Å². The molecule has 0 atom stereocenters. The Kier molecular flexibility index (Phi) is 3.30. The first-order valence-electron chi connectivity index (χ1n) is 5.62. The molecule has 100 valence electrons. The number of furan rings is 1. The highest BCUT2D eigenvalue weighted by molar-refractivity contribution is 9.10. The Morgan fingerprint density at radius 3 is 2.95 bits per heavy atom. The number of hydrogen-bond donors (Lipinski definition) is 2. The third-order valence-corrected chi connectivity index (χ3v) is 3.05. The molecule has 20 heavy (non-hydrogen) atoms. The molecule has 0 aliphatic carbocycles. The molecule has 1 amide bonds. The molecule has 0 aliphatic heterocycles. The van der Waals surface area contributed by atoms with E-state index in [-0.39, 0.29) is 11.7 Å². The zero-order valence-electron chi connectivity index (χ0n) is 10.0. The molecule has 7 nitrogen and oxygen atoms in total. The van der Waals surface area contributed by atoms with Crippen molar-refractivity contribution in [2.45, 2.75) is 0 Å². The number of hydrogen-bond acceptors (Lipinski definition) is 5. The van der Waals surface area contributed by atoms with Crippen molar-refractivity contribution < 1.29 is 9.21 Å². The molecule has 8 heteroatoms. The summed E-state index contributed by atoms with van der Waals surface area (Å²) >= 11 is 3.36. The highest BCUT2D eigenvalue weighted by atomic mass is 79.9. The van der Waals surface area contributed by atoms with Gasteiger partial charge in [0.05, 0.1) is 12.0 Å². The SMILES string of the molecule is O=C(Nc1cc(Br)ccc1-c1nn[nH]n1)c1ccco1. The molecule has 0 fully saturated rings. The monoisotopic (exact) mass is 333 g/mol. The van der Waals surface area contributed by atoms with E-state index in [1.54, 1.807) is 24.3 Å². The quantitative estimate of drug-likeness (QED) is 0.767. The largest absolute Gasteiger partial charge is 0.459 e. The Hall–Kier alpha value is -2.48. The number of H-pyrrole nitrogens is 1. The number of halogens is 1. The van der Waals surface area contributed by atoms with Crippen molar-refractivity contribution in [1.29, 1.82) is 0 Å². The third kappa shape index (κ3) is 2.45. The summed E-state index contributed by atoms with van der Waals surface area (Å²) in [6.07, 6.45) is 1.44. The van der Waals surface area contributed by atoms with E-state index in [1.165, 1.54) is 6.26 Å². The first kappa shape index (κ1) is 12.5. The first-order chi connectivity index (χ1) is 9.74. The van der Waals surface area contributed by atoms with E-state index in [0.717, 1.165) is 4.47 Å². The molecule has 0 saturated heterocycles. The van der Waals surface area contributed by atoms with Gasteiger partial charge in [0.2, 0.25) is 5.82 Å². The Morgan fingerprint density at radius 1 is 1.35 bits per heavy atom. The van der Waals surface area contributed by atoms with Crippen molar-refractivity contribution in [2.24, 2.45) is 0 Å². The zero-order chi connectivity index (χ0) is 13.9. The van der Waals surface area contributed by atoms with Gasteiger partial charge in [-0.25, -0.2) is 0 Å². The molecule has 2 aromatic heterocycles. The molecule has 0 spiro atoms. The van der Waals surface area contributed by atoms with Crippen molar-refractivity contribution in [3.63, 3.8) is 0 Å². The molecule has 2 N–H and O–H groups in total. The van der Waals surface area contributed by atoms with Gasteiger partial charge in [-0.05, 0) is 35.5 Å². The van der Waals surface area contributed by atoms with Crippen LogP contribution in [-0.2, 0) is 0 Å². The number of nitrogens with one attached hydrogen (secondary N) is 2. The number of carbonyl (C=O) groups excluding carboxylic acids is 1. The standard InChI is InChI=1S/C12H8BrN5O2/c13-7-3-4-8(11-15-17-18-16-11)9(6-7)14-12(19)10-2-1-5-20-10/h1-6H,(H,14,19)(H,15,16,17,18). The molecule has 1 aromatic carbocycles. The minimum absolute atomic E-state index is 0.226. The average molecular weight is 334 g/mol. The van der Waals surface area contributed by atoms with E-state index in [2.05, 4.69) is 41.9 Å². The van der Waals surface area contributed by atoms with Crippen LogP contribution in [0.4, 0.5) is 5.69 Å². The van der Waals surface area contributed by atoms with Crippen LogP contribution in [0.2, 0.25) is 0 Å². The maximum Gasteiger partial charge on any atom is 0.291 e. The average Bonchev–Trinajstić information content (AvgIpc) is 3.12. The molecule has 3 rings (SSSR count). The molecule has 0 bridgehead atoms. The summed E-state index contributed by atoms with van der Waals surface area (Å²) in [6.45, 7) is 0. The van der Waals surface area contributed by atoms with Gasteiger partial charge in [0.25, 0.3) is 5.91 Å². The van der Waals surface area contributed by atoms with Gasteiger partial charge < -0.3 is 9.73 Å². The van der Waals surface area contributed by atoms with Crippen LogP contribution in [0.5, 0.6) is 0 Å². The molecule has 0 unspecified atom stereocenters. The second kappa shape index (κ2) is 5.25. The lowest BCUT2D eigenvalue weighted by Crippen LogP contribution is -2.11. The number of amides is 1. The number of aromatic amines is 1. The molecule has 3 aromatic rings. The predicted molar refractivity (Wildman–Crippen MR) is 74.0 cm³/mol. The molecular weight excluding hydrogens is 326 g/mol. The summed E-state index contributed by atoms with van der Waals surface area (Å²) < 4.78 is 5.87. The maximum atomic E-state index is 12.0. The Morgan fingerprint density at radius 2 is 2.25 bits per heavy atom. The molecule has 0 saturated carbocycles. The van der Waals surface area contributed by atoms with Crippen molar-refractivity contribution in [3.05, 3.63) is 46.8 Å². The zero-order valence-corrected chi connectivity index (χ0v) is 11.6. The summed E-state index contributed by atoms with van der Waals surface area (Å²) in [5.41, 5.74) is 1.21. The van der Waals surface area contributed by atoms with Crippen LogP contribution >= 0.6 is 15.9 Å². The van der Waals surface area contributed by atoms with E-state index in [4.69, 9.17) is 4.42 Å². The van der Waals surface area contributed by atoms with E-state index in [1.807, 2.05) is 6.07 Å². The second-order valence-corrected chi connectivity index (χ2v) is 4.77. The smallest absolute Gasteiger partial charge is 0.291 e. The van der Waals surface area contributed by atoms with Gasteiger partial charge in [-0.1, -0.05) is 15.9 Å². The highest BCUT2D eigenvalue weighted by Crippen LogP contribution is 2.28.